The van der Waals surface area contributed by atoms with Gasteiger partial charge in [0.15, 0.2) is 5.82 Å². The minimum atomic E-state index is 0.869. The van der Waals surface area contributed by atoms with E-state index in [2.05, 4.69) is 61.3 Å². The molecule has 5 nitrogen and oxygen atoms in total. The summed E-state index contributed by atoms with van der Waals surface area (Å²) in [5.74, 6) is 1.01. The Hall–Kier alpha value is -1.98. The molecule has 0 unspecified atom stereocenters. The number of likely N-dealkylation sites (tertiary alicyclic amines) is 1. The number of hydrogen-bond acceptors (Lipinski definition) is 5. The molecule has 148 valence electrons. The Balaban J connectivity index is 1.19. The molecule has 0 N–H and O–H groups in total. The van der Waals surface area contributed by atoms with Gasteiger partial charge in [0, 0.05) is 44.3 Å². The minimum Gasteiger partial charge on any atom is -0.353 e. The van der Waals surface area contributed by atoms with E-state index in [-0.39, 0.29) is 0 Å². The second kappa shape index (κ2) is 8.18. The van der Waals surface area contributed by atoms with Crippen LogP contribution in [-0.4, -0.2) is 65.3 Å². The lowest BCUT2D eigenvalue weighted by Gasteiger charge is -2.35. The molecule has 5 rings (SSSR count). The second-order valence-corrected chi connectivity index (χ2v) is 8.56. The molecule has 2 aromatic rings. The first-order chi connectivity index (χ1) is 13.8. The van der Waals surface area contributed by atoms with E-state index in [1.54, 1.807) is 0 Å². The number of benzene rings is 1. The highest BCUT2D eigenvalue weighted by Crippen LogP contribution is 2.28. The van der Waals surface area contributed by atoms with E-state index in [9.17, 15) is 0 Å². The Morgan fingerprint density at radius 2 is 1.50 bits per heavy atom. The highest BCUT2D eigenvalue weighted by atomic mass is 15.3. The summed E-state index contributed by atoms with van der Waals surface area (Å²) in [4.78, 5) is 7.57. The molecule has 2 aliphatic heterocycles. The topological polar surface area (TPSA) is 35.5 Å². The second-order valence-electron chi connectivity index (χ2n) is 8.56. The van der Waals surface area contributed by atoms with Crippen molar-refractivity contribution in [2.75, 3.05) is 44.2 Å². The van der Waals surface area contributed by atoms with E-state index in [0.29, 0.717) is 0 Å². The van der Waals surface area contributed by atoms with Crippen molar-refractivity contribution in [2.24, 2.45) is 0 Å². The van der Waals surface area contributed by atoms with Crippen LogP contribution in [0.3, 0.4) is 0 Å². The molecule has 3 heterocycles. The first kappa shape index (κ1) is 18.1. The van der Waals surface area contributed by atoms with E-state index in [0.717, 1.165) is 55.8 Å². The van der Waals surface area contributed by atoms with Crippen LogP contribution in [0.4, 0.5) is 5.82 Å². The maximum atomic E-state index is 4.53. The first-order valence-electron chi connectivity index (χ1n) is 11.0. The third-order valence-corrected chi connectivity index (χ3v) is 6.46. The predicted octanol–water partition coefficient (Wildman–Crippen LogP) is 3.41. The van der Waals surface area contributed by atoms with Crippen molar-refractivity contribution >= 4 is 5.82 Å². The zero-order chi connectivity index (χ0) is 18.8. The van der Waals surface area contributed by atoms with Crippen molar-refractivity contribution in [3.63, 3.8) is 0 Å². The summed E-state index contributed by atoms with van der Waals surface area (Å²) in [5.41, 5.74) is 3.51. The molecule has 2 saturated heterocycles. The molecule has 0 spiro atoms. The molecule has 3 fully saturated rings. The number of aromatic nitrogens is 2. The van der Waals surface area contributed by atoms with Crippen molar-refractivity contribution in [2.45, 2.75) is 44.7 Å². The summed E-state index contributed by atoms with van der Waals surface area (Å²) in [6.07, 6.45) is 6.86. The predicted molar refractivity (Wildman–Crippen MR) is 113 cm³/mol. The van der Waals surface area contributed by atoms with Crippen LogP contribution >= 0.6 is 0 Å². The molecule has 28 heavy (non-hydrogen) atoms. The Kier molecular flexibility index (Phi) is 5.28. The van der Waals surface area contributed by atoms with Crippen molar-refractivity contribution < 1.29 is 0 Å². The van der Waals surface area contributed by atoms with Crippen molar-refractivity contribution in [1.29, 1.82) is 0 Å². The summed E-state index contributed by atoms with van der Waals surface area (Å²) >= 11 is 0. The fourth-order valence-electron chi connectivity index (χ4n) is 4.56. The Bertz CT molecular complexity index is 755. The van der Waals surface area contributed by atoms with Crippen LogP contribution in [0.1, 0.15) is 37.7 Å². The van der Waals surface area contributed by atoms with Crippen molar-refractivity contribution in [3.05, 3.63) is 42.0 Å². The largest absolute Gasteiger partial charge is 0.353 e. The van der Waals surface area contributed by atoms with Crippen LogP contribution in [0.5, 0.6) is 0 Å². The average molecular weight is 378 g/mol. The van der Waals surface area contributed by atoms with Gasteiger partial charge in [-0.05, 0) is 56.5 Å². The lowest BCUT2D eigenvalue weighted by Crippen LogP contribution is -2.47. The highest BCUT2D eigenvalue weighted by molar-refractivity contribution is 5.60. The molecule has 1 saturated carbocycles. The molecular formula is C23H31N5. The number of piperazine rings is 1. The Morgan fingerprint density at radius 1 is 0.750 bits per heavy atom. The van der Waals surface area contributed by atoms with Gasteiger partial charge in [0.1, 0.15) is 0 Å². The van der Waals surface area contributed by atoms with Crippen LogP contribution in [-0.2, 0) is 6.54 Å². The van der Waals surface area contributed by atoms with Gasteiger partial charge in [-0.25, -0.2) is 0 Å². The quantitative estimate of drug-likeness (QED) is 0.798. The minimum absolute atomic E-state index is 0.869. The summed E-state index contributed by atoms with van der Waals surface area (Å²) in [6.45, 7) is 8.00. The molecule has 0 atom stereocenters. The van der Waals surface area contributed by atoms with Crippen molar-refractivity contribution in [1.82, 2.24) is 20.0 Å². The molecule has 1 aromatic carbocycles. The van der Waals surface area contributed by atoms with Gasteiger partial charge < -0.3 is 4.90 Å². The highest BCUT2D eigenvalue weighted by Gasteiger charge is 2.31. The maximum absolute atomic E-state index is 4.53. The van der Waals surface area contributed by atoms with E-state index < -0.39 is 0 Å². The molecule has 0 radical (unpaired) electrons. The third kappa shape index (κ3) is 4.20. The smallest absolute Gasteiger partial charge is 0.151 e. The van der Waals surface area contributed by atoms with Gasteiger partial charge in [0.05, 0.1) is 5.69 Å². The first-order valence-corrected chi connectivity index (χ1v) is 11.0. The van der Waals surface area contributed by atoms with E-state index in [1.165, 1.54) is 50.8 Å². The van der Waals surface area contributed by atoms with Crippen molar-refractivity contribution in [3.8, 4) is 11.3 Å². The van der Waals surface area contributed by atoms with Crippen LogP contribution < -0.4 is 4.90 Å². The van der Waals surface area contributed by atoms with Crippen LogP contribution in [0.15, 0.2) is 36.4 Å². The van der Waals surface area contributed by atoms with E-state index in [1.807, 2.05) is 0 Å². The van der Waals surface area contributed by atoms with Gasteiger partial charge in [-0.3, -0.25) is 9.80 Å². The zero-order valence-corrected chi connectivity index (χ0v) is 16.8. The maximum Gasteiger partial charge on any atom is 0.151 e. The Labute approximate surface area is 168 Å². The monoisotopic (exact) mass is 377 g/mol. The third-order valence-electron chi connectivity index (χ3n) is 6.46. The number of anilines is 1. The van der Waals surface area contributed by atoms with Gasteiger partial charge in [0.2, 0.25) is 0 Å². The normalized spacial score (nSPS) is 21.8. The molecule has 1 aromatic heterocycles. The van der Waals surface area contributed by atoms with Crippen LogP contribution in [0.25, 0.3) is 11.3 Å². The van der Waals surface area contributed by atoms with Gasteiger partial charge in [-0.2, -0.15) is 0 Å². The molecule has 1 aliphatic carbocycles. The Morgan fingerprint density at radius 3 is 2.14 bits per heavy atom. The van der Waals surface area contributed by atoms with Gasteiger partial charge in [-0.15, -0.1) is 10.2 Å². The molecule has 0 amide bonds. The lowest BCUT2D eigenvalue weighted by molar-refractivity contribution is 0.221. The summed E-state index contributed by atoms with van der Waals surface area (Å²) in [6, 6.07) is 14.0. The number of hydrogen-bond donors (Lipinski definition) is 0. The zero-order valence-electron chi connectivity index (χ0n) is 16.8. The van der Waals surface area contributed by atoms with Crippen LogP contribution in [0.2, 0.25) is 0 Å². The number of nitrogens with zero attached hydrogens (tertiary/aromatic N) is 5. The van der Waals surface area contributed by atoms with Gasteiger partial charge in [-0.1, -0.05) is 30.7 Å². The SMILES string of the molecule is c1cc(-c2ccc(N3CCN(C4CC4)CC3)nn2)ccc1CN1CCCCC1. The number of rotatable bonds is 5. The summed E-state index contributed by atoms with van der Waals surface area (Å²) in [7, 11) is 0. The standard InChI is InChI=1S/C23H31N5/c1-2-12-26(13-3-1)18-19-4-6-20(7-5-19)22-10-11-23(25-24-22)28-16-14-27(15-17-28)21-8-9-21/h4-7,10-11,21H,1-3,8-9,12-18H2. The molecular weight excluding hydrogens is 346 g/mol. The fourth-order valence-corrected chi connectivity index (χ4v) is 4.56. The molecule has 0 bridgehead atoms. The van der Waals surface area contributed by atoms with Crippen LogP contribution in [0, 0.1) is 0 Å². The fraction of sp³-hybridized carbons (Fsp3) is 0.565. The van der Waals surface area contributed by atoms with Gasteiger partial charge >= 0.3 is 0 Å². The summed E-state index contributed by atoms with van der Waals surface area (Å²) < 4.78 is 0. The van der Waals surface area contributed by atoms with E-state index in [4.69, 9.17) is 0 Å². The lowest BCUT2D eigenvalue weighted by atomic mass is 10.1. The van der Waals surface area contributed by atoms with E-state index >= 15 is 0 Å². The molecule has 3 aliphatic rings. The average Bonchev–Trinajstić information content (AvgIpc) is 3.61. The number of piperidine rings is 1. The summed E-state index contributed by atoms with van der Waals surface area (Å²) in [5, 5.41) is 9.05. The van der Waals surface area contributed by atoms with Gasteiger partial charge in [0.25, 0.3) is 0 Å². The molecule has 5 heteroatoms.